The van der Waals surface area contributed by atoms with E-state index >= 15 is 0 Å². The molecule has 148 valence electrons. The number of nitrogens with zero attached hydrogens (tertiary/aromatic N) is 1. The molecule has 1 aromatic carbocycles. The quantitative estimate of drug-likeness (QED) is 0.598. The Bertz CT molecular complexity index is 845. The maximum Gasteiger partial charge on any atom is 0.280 e. The van der Waals surface area contributed by atoms with E-state index in [-0.39, 0.29) is 11.4 Å². The van der Waals surface area contributed by atoms with E-state index in [1.165, 1.54) is 55.4 Å². The van der Waals surface area contributed by atoms with Crippen LogP contribution in [0.5, 0.6) is 0 Å². The van der Waals surface area contributed by atoms with Crippen molar-refractivity contribution in [3.8, 4) is 10.4 Å². The molecular formula is C24H30N2OS. The fourth-order valence-electron chi connectivity index (χ4n) is 6.26. The molecule has 1 amide bonds. The van der Waals surface area contributed by atoms with Crippen molar-refractivity contribution in [3.63, 3.8) is 0 Å². The summed E-state index contributed by atoms with van der Waals surface area (Å²) < 4.78 is 0. The van der Waals surface area contributed by atoms with E-state index in [1.54, 1.807) is 11.3 Å². The zero-order valence-corrected chi connectivity index (χ0v) is 17.6. The third-order valence-electron chi connectivity index (χ3n) is 7.30. The first kappa shape index (κ1) is 18.4. The minimum Gasteiger partial charge on any atom is -0.344 e. The lowest BCUT2D eigenvalue weighted by molar-refractivity contribution is 0.0874. The number of thiazole rings is 1. The summed E-state index contributed by atoms with van der Waals surface area (Å²) in [6, 6.07) is 10.4. The molecule has 1 aromatic heterocycles. The van der Waals surface area contributed by atoms with E-state index < -0.39 is 0 Å². The SMILES string of the molecule is CCCCCc1nc(C(=O)NC23CC4CC(CC2C4)C3)sc1-c1ccccc1. The molecule has 4 heteroatoms. The topological polar surface area (TPSA) is 42.0 Å². The third-order valence-corrected chi connectivity index (χ3v) is 8.44. The van der Waals surface area contributed by atoms with Crippen molar-refractivity contribution in [1.82, 2.24) is 10.3 Å². The summed E-state index contributed by atoms with van der Waals surface area (Å²) >= 11 is 1.58. The molecule has 3 nitrogen and oxygen atoms in total. The Morgan fingerprint density at radius 3 is 2.61 bits per heavy atom. The van der Waals surface area contributed by atoms with Crippen LogP contribution in [0.1, 0.15) is 73.8 Å². The van der Waals surface area contributed by atoms with Crippen molar-refractivity contribution in [2.45, 2.75) is 70.3 Å². The Labute approximate surface area is 172 Å². The van der Waals surface area contributed by atoms with Gasteiger partial charge < -0.3 is 5.32 Å². The Hall–Kier alpha value is -1.68. The molecule has 4 bridgehead atoms. The highest BCUT2D eigenvalue weighted by molar-refractivity contribution is 7.17. The molecule has 4 saturated carbocycles. The Morgan fingerprint density at radius 2 is 1.89 bits per heavy atom. The summed E-state index contributed by atoms with van der Waals surface area (Å²) in [4.78, 5) is 19.2. The molecule has 1 N–H and O–H groups in total. The summed E-state index contributed by atoms with van der Waals surface area (Å²) in [5.74, 6) is 2.46. The average molecular weight is 395 g/mol. The molecule has 0 radical (unpaired) electrons. The fourth-order valence-corrected chi connectivity index (χ4v) is 7.27. The van der Waals surface area contributed by atoms with Crippen molar-refractivity contribution < 1.29 is 4.79 Å². The first-order valence-corrected chi connectivity index (χ1v) is 11.9. The summed E-state index contributed by atoms with van der Waals surface area (Å²) in [6.45, 7) is 2.22. The van der Waals surface area contributed by atoms with Crippen LogP contribution in [0.4, 0.5) is 0 Å². The molecule has 2 aromatic rings. The molecular weight excluding hydrogens is 364 g/mol. The molecule has 0 spiro atoms. The minimum absolute atomic E-state index is 0.0668. The van der Waals surface area contributed by atoms with Crippen LogP contribution in [-0.2, 0) is 6.42 Å². The lowest BCUT2D eigenvalue weighted by Crippen LogP contribution is -2.49. The molecule has 1 heterocycles. The van der Waals surface area contributed by atoms with Gasteiger partial charge in [-0.1, -0.05) is 50.1 Å². The zero-order chi connectivity index (χ0) is 19.1. The van der Waals surface area contributed by atoms with Gasteiger partial charge in [0, 0.05) is 5.54 Å². The standard InChI is InChI=1S/C24H30N2OS/c1-2-3-5-10-20-21(18-8-6-4-7-9-18)28-23(25-20)22(27)26-24-14-16-11-17(15-24)13-19(24)12-16/h4,6-9,16-17,19H,2-3,5,10-15H2,1H3,(H,26,27). The van der Waals surface area contributed by atoms with Gasteiger partial charge >= 0.3 is 0 Å². The highest BCUT2D eigenvalue weighted by Crippen LogP contribution is 2.60. The van der Waals surface area contributed by atoms with Crippen LogP contribution in [0.25, 0.3) is 10.4 Å². The molecule has 4 aliphatic rings. The van der Waals surface area contributed by atoms with Gasteiger partial charge in [0.05, 0.1) is 10.6 Å². The molecule has 28 heavy (non-hydrogen) atoms. The highest BCUT2D eigenvalue weighted by atomic mass is 32.1. The number of unbranched alkanes of at least 4 members (excludes halogenated alkanes) is 2. The Kier molecular flexibility index (Phi) is 4.78. The number of nitrogens with one attached hydrogen (secondary N) is 1. The maximum absolute atomic E-state index is 13.2. The van der Waals surface area contributed by atoms with E-state index in [2.05, 4.69) is 36.5 Å². The number of carbonyl (C=O) groups is 1. The molecule has 4 aliphatic carbocycles. The van der Waals surface area contributed by atoms with Crippen molar-refractivity contribution in [2.24, 2.45) is 17.8 Å². The lowest BCUT2D eigenvalue weighted by Gasteiger charge is -2.33. The number of rotatable bonds is 7. The zero-order valence-electron chi connectivity index (χ0n) is 16.7. The van der Waals surface area contributed by atoms with E-state index in [0.717, 1.165) is 30.4 Å². The van der Waals surface area contributed by atoms with Gasteiger partial charge in [-0.25, -0.2) is 4.98 Å². The number of hydrogen-bond acceptors (Lipinski definition) is 3. The van der Waals surface area contributed by atoms with Crippen LogP contribution in [0.2, 0.25) is 0 Å². The fraction of sp³-hybridized carbons (Fsp3) is 0.583. The summed E-state index contributed by atoms with van der Waals surface area (Å²) in [5, 5.41) is 4.16. The van der Waals surface area contributed by atoms with Gasteiger partial charge in [0.15, 0.2) is 5.01 Å². The number of amides is 1. The van der Waals surface area contributed by atoms with Crippen LogP contribution in [0.15, 0.2) is 30.3 Å². The van der Waals surface area contributed by atoms with Crippen molar-refractivity contribution in [1.29, 1.82) is 0 Å². The molecule has 0 aliphatic heterocycles. The van der Waals surface area contributed by atoms with Crippen LogP contribution in [-0.4, -0.2) is 16.4 Å². The minimum atomic E-state index is 0.0668. The van der Waals surface area contributed by atoms with E-state index in [9.17, 15) is 4.79 Å². The number of aryl methyl sites for hydroxylation is 1. The van der Waals surface area contributed by atoms with Gasteiger partial charge in [-0.2, -0.15) is 0 Å². The molecule has 4 fully saturated rings. The largest absolute Gasteiger partial charge is 0.344 e. The van der Waals surface area contributed by atoms with Gasteiger partial charge in [0.1, 0.15) is 0 Å². The van der Waals surface area contributed by atoms with E-state index in [1.807, 2.05) is 6.07 Å². The molecule has 2 unspecified atom stereocenters. The van der Waals surface area contributed by atoms with E-state index in [4.69, 9.17) is 4.98 Å². The smallest absolute Gasteiger partial charge is 0.280 e. The van der Waals surface area contributed by atoms with Gasteiger partial charge in [-0.05, 0) is 68.3 Å². The van der Waals surface area contributed by atoms with Crippen molar-refractivity contribution >= 4 is 17.2 Å². The summed E-state index contributed by atoms with van der Waals surface area (Å²) in [6.07, 6.45) is 10.9. The van der Waals surface area contributed by atoms with Crippen LogP contribution in [0.3, 0.4) is 0 Å². The highest BCUT2D eigenvalue weighted by Gasteiger charge is 2.58. The monoisotopic (exact) mass is 394 g/mol. The second kappa shape index (κ2) is 7.29. The third kappa shape index (κ3) is 3.20. The number of hydrogen-bond donors (Lipinski definition) is 1. The first-order chi connectivity index (χ1) is 13.7. The first-order valence-electron chi connectivity index (χ1n) is 11.0. The Morgan fingerprint density at radius 1 is 1.14 bits per heavy atom. The Balaban J connectivity index is 1.39. The second-order valence-corrected chi connectivity index (χ2v) is 10.3. The predicted molar refractivity (Wildman–Crippen MR) is 115 cm³/mol. The van der Waals surface area contributed by atoms with Crippen LogP contribution >= 0.6 is 11.3 Å². The maximum atomic E-state index is 13.2. The number of aromatic nitrogens is 1. The average Bonchev–Trinajstić information content (AvgIpc) is 3.29. The van der Waals surface area contributed by atoms with Gasteiger partial charge in [0.25, 0.3) is 5.91 Å². The van der Waals surface area contributed by atoms with Crippen molar-refractivity contribution in [3.05, 3.63) is 41.0 Å². The van der Waals surface area contributed by atoms with Crippen LogP contribution < -0.4 is 5.32 Å². The molecule has 2 atom stereocenters. The summed E-state index contributed by atoms with van der Waals surface area (Å²) in [5.41, 5.74) is 2.36. The normalized spacial score (nSPS) is 30.1. The summed E-state index contributed by atoms with van der Waals surface area (Å²) in [7, 11) is 0. The van der Waals surface area contributed by atoms with Crippen molar-refractivity contribution in [2.75, 3.05) is 0 Å². The lowest BCUT2D eigenvalue weighted by atomic mass is 9.80. The van der Waals surface area contributed by atoms with Gasteiger partial charge in [-0.3, -0.25) is 4.79 Å². The molecule has 0 saturated heterocycles. The van der Waals surface area contributed by atoms with Gasteiger partial charge in [0.2, 0.25) is 0 Å². The number of carbonyl (C=O) groups excluding carboxylic acids is 1. The second-order valence-electron chi connectivity index (χ2n) is 9.27. The predicted octanol–water partition coefficient (Wildman–Crippen LogP) is 5.85. The van der Waals surface area contributed by atoms with Gasteiger partial charge in [-0.15, -0.1) is 11.3 Å². The van der Waals surface area contributed by atoms with E-state index in [0.29, 0.717) is 10.9 Å². The number of benzene rings is 1. The molecule has 6 rings (SSSR count). The van der Waals surface area contributed by atoms with Crippen LogP contribution in [0, 0.1) is 17.8 Å².